The molecule has 0 saturated carbocycles. The van der Waals surface area contributed by atoms with Gasteiger partial charge >= 0.3 is 5.97 Å². The Morgan fingerprint density at radius 1 is 0.903 bits per heavy atom. The number of carboxylic acid groups (broad SMARTS) is 1. The van der Waals surface area contributed by atoms with Gasteiger partial charge in [-0.3, -0.25) is 9.59 Å². The average molecular weight is 429 g/mol. The number of amides is 2. The summed E-state index contributed by atoms with van der Waals surface area (Å²) >= 11 is 0. The van der Waals surface area contributed by atoms with E-state index in [-0.39, 0.29) is 18.6 Å². The van der Waals surface area contributed by atoms with Crippen molar-refractivity contribution in [2.24, 2.45) is 5.73 Å². The molecule has 0 aromatic heterocycles. The normalized spacial score (nSPS) is 14.7. The van der Waals surface area contributed by atoms with Crippen LogP contribution >= 0.6 is 0 Å². The van der Waals surface area contributed by atoms with Gasteiger partial charge in [-0.25, -0.2) is 4.79 Å². The lowest BCUT2D eigenvalue weighted by Gasteiger charge is -2.24. The zero-order valence-electron chi connectivity index (χ0n) is 17.1. The Bertz CT molecular complexity index is 886. The van der Waals surface area contributed by atoms with Gasteiger partial charge in [0.05, 0.1) is 12.1 Å². The van der Waals surface area contributed by atoms with Gasteiger partial charge < -0.3 is 31.7 Å². The highest BCUT2D eigenvalue weighted by molar-refractivity contribution is 5.92. The minimum Gasteiger partial charge on any atom is -0.508 e. The van der Waals surface area contributed by atoms with E-state index in [1.807, 2.05) is 30.3 Å². The number of nitrogens with one attached hydrogen (secondary N) is 2. The van der Waals surface area contributed by atoms with Crippen LogP contribution in [0.1, 0.15) is 18.1 Å². The van der Waals surface area contributed by atoms with E-state index in [9.17, 15) is 29.7 Å². The van der Waals surface area contributed by atoms with Gasteiger partial charge in [0.2, 0.25) is 11.8 Å². The summed E-state index contributed by atoms with van der Waals surface area (Å²) in [5, 5.41) is 33.5. The second-order valence-corrected chi connectivity index (χ2v) is 7.29. The molecule has 31 heavy (non-hydrogen) atoms. The molecule has 9 nitrogen and oxygen atoms in total. The molecule has 0 heterocycles. The van der Waals surface area contributed by atoms with E-state index in [0.717, 1.165) is 5.56 Å². The zero-order chi connectivity index (χ0) is 23.0. The fourth-order valence-corrected chi connectivity index (χ4v) is 2.96. The molecule has 0 aliphatic carbocycles. The number of benzene rings is 2. The molecule has 9 heteroatoms. The summed E-state index contributed by atoms with van der Waals surface area (Å²) < 4.78 is 0. The van der Waals surface area contributed by atoms with E-state index in [0.29, 0.717) is 5.56 Å². The number of carbonyl (C=O) groups excluding carboxylic acids is 2. The number of carbonyl (C=O) groups is 3. The number of phenolic OH excluding ortho intramolecular Hbond substituents is 1. The maximum Gasteiger partial charge on any atom is 0.326 e. The van der Waals surface area contributed by atoms with E-state index in [1.54, 1.807) is 0 Å². The smallest absolute Gasteiger partial charge is 0.326 e. The van der Waals surface area contributed by atoms with Crippen LogP contribution < -0.4 is 16.4 Å². The van der Waals surface area contributed by atoms with E-state index >= 15 is 0 Å². The highest BCUT2D eigenvalue weighted by atomic mass is 16.4. The number of aliphatic hydroxyl groups is 1. The molecule has 0 bridgehead atoms. The van der Waals surface area contributed by atoms with Gasteiger partial charge in [0.25, 0.3) is 0 Å². The first-order valence-electron chi connectivity index (χ1n) is 9.76. The van der Waals surface area contributed by atoms with Gasteiger partial charge in [-0.05, 0) is 36.6 Å². The number of aliphatic carboxylic acids is 1. The lowest BCUT2D eigenvalue weighted by Crippen LogP contribution is -2.58. The van der Waals surface area contributed by atoms with E-state index in [1.165, 1.54) is 31.2 Å². The number of nitrogens with two attached hydrogens (primary N) is 1. The third kappa shape index (κ3) is 7.40. The van der Waals surface area contributed by atoms with Gasteiger partial charge in [0.15, 0.2) is 0 Å². The number of carboxylic acids is 1. The van der Waals surface area contributed by atoms with Gasteiger partial charge in [-0.15, -0.1) is 0 Å². The third-order valence-electron chi connectivity index (χ3n) is 4.69. The molecule has 0 spiro atoms. The van der Waals surface area contributed by atoms with Crippen molar-refractivity contribution in [1.82, 2.24) is 10.6 Å². The molecule has 0 aliphatic heterocycles. The molecule has 4 atom stereocenters. The van der Waals surface area contributed by atoms with Crippen LogP contribution in [0.2, 0.25) is 0 Å². The first kappa shape index (κ1) is 23.8. The molecule has 166 valence electrons. The predicted molar refractivity (Wildman–Crippen MR) is 113 cm³/mol. The standard InChI is InChI=1S/C22H27N3O6/c1-13(26)19(25-20(28)17(23)11-14-5-3-2-4-6-14)21(29)24-18(22(30)31)12-15-7-9-16(27)10-8-15/h2-10,13,17-19,26-27H,11-12,23H2,1H3,(H,24,29)(H,25,28)(H,30,31). The number of rotatable bonds is 10. The molecule has 0 aliphatic rings. The molecule has 2 rings (SSSR count). The van der Waals surface area contributed by atoms with Crippen molar-refractivity contribution in [3.8, 4) is 5.75 Å². The summed E-state index contributed by atoms with van der Waals surface area (Å²) in [6.07, 6.45) is -1.09. The quantitative estimate of drug-likeness (QED) is 0.308. The van der Waals surface area contributed by atoms with Crippen molar-refractivity contribution < 1.29 is 29.7 Å². The van der Waals surface area contributed by atoms with Crippen LogP contribution in [0.15, 0.2) is 54.6 Å². The Morgan fingerprint density at radius 2 is 1.48 bits per heavy atom. The van der Waals surface area contributed by atoms with Gasteiger partial charge in [0.1, 0.15) is 17.8 Å². The fourth-order valence-electron chi connectivity index (χ4n) is 2.96. The first-order chi connectivity index (χ1) is 14.7. The van der Waals surface area contributed by atoms with Crippen LogP contribution in [0, 0.1) is 0 Å². The van der Waals surface area contributed by atoms with E-state index in [4.69, 9.17) is 5.73 Å². The van der Waals surface area contributed by atoms with Crippen LogP contribution in [0.5, 0.6) is 5.75 Å². The van der Waals surface area contributed by atoms with Crippen LogP contribution in [0.3, 0.4) is 0 Å². The first-order valence-corrected chi connectivity index (χ1v) is 9.76. The predicted octanol–water partition coefficient (Wildman–Crippen LogP) is -0.0603. The van der Waals surface area contributed by atoms with Crippen LogP contribution in [0.25, 0.3) is 0 Å². The number of aromatic hydroxyl groups is 1. The van der Waals surface area contributed by atoms with Crippen molar-refractivity contribution in [3.05, 3.63) is 65.7 Å². The molecule has 2 amide bonds. The summed E-state index contributed by atoms with van der Waals surface area (Å²) in [7, 11) is 0. The number of phenols is 1. The van der Waals surface area contributed by atoms with Crippen LogP contribution in [-0.4, -0.2) is 57.3 Å². The molecular formula is C22H27N3O6. The van der Waals surface area contributed by atoms with Crippen LogP contribution in [-0.2, 0) is 27.2 Å². The lowest BCUT2D eigenvalue weighted by atomic mass is 10.0. The van der Waals surface area contributed by atoms with Crippen molar-refractivity contribution in [2.75, 3.05) is 0 Å². The Kier molecular flexibility index (Phi) is 8.53. The molecule has 0 fully saturated rings. The Hall–Kier alpha value is -3.43. The van der Waals surface area contributed by atoms with Crippen molar-refractivity contribution >= 4 is 17.8 Å². The summed E-state index contributed by atoms with van der Waals surface area (Å²) in [5.41, 5.74) is 7.33. The monoisotopic (exact) mass is 429 g/mol. The fraction of sp³-hybridized carbons (Fsp3) is 0.318. The third-order valence-corrected chi connectivity index (χ3v) is 4.69. The highest BCUT2D eigenvalue weighted by Gasteiger charge is 2.31. The van der Waals surface area contributed by atoms with Gasteiger partial charge in [-0.1, -0.05) is 42.5 Å². The summed E-state index contributed by atoms with van der Waals surface area (Å²) in [6.45, 7) is 1.31. The molecule has 0 radical (unpaired) electrons. The maximum atomic E-state index is 12.6. The summed E-state index contributed by atoms with van der Waals surface area (Å²) in [4.78, 5) is 36.7. The van der Waals surface area contributed by atoms with Crippen LogP contribution in [0.4, 0.5) is 0 Å². The number of hydrogen-bond donors (Lipinski definition) is 6. The van der Waals surface area contributed by atoms with Crippen molar-refractivity contribution in [3.63, 3.8) is 0 Å². The van der Waals surface area contributed by atoms with E-state index < -0.39 is 42.0 Å². The Balaban J connectivity index is 2.02. The maximum absolute atomic E-state index is 12.6. The number of hydrogen-bond acceptors (Lipinski definition) is 6. The van der Waals surface area contributed by atoms with Crippen molar-refractivity contribution in [1.29, 1.82) is 0 Å². The molecular weight excluding hydrogens is 402 g/mol. The topological polar surface area (TPSA) is 162 Å². The second kappa shape index (κ2) is 11.1. The molecule has 4 unspecified atom stereocenters. The minimum absolute atomic E-state index is 0.0309. The largest absolute Gasteiger partial charge is 0.508 e. The Labute approximate surface area is 179 Å². The minimum atomic E-state index is -1.38. The molecule has 2 aromatic carbocycles. The summed E-state index contributed by atoms with van der Waals surface area (Å²) in [5.74, 6) is -2.74. The van der Waals surface area contributed by atoms with Gasteiger partial charge in [0, 0.05) is 6.42 Å². The van der Waals surface area contributed by atoms with E-state index in [2.05, 4.69) is 10.6 Å². The lowest BCUT2D eigenvalue weighted by molar-refractivity contribution is -0.142. The number of aliphatic hydroxyl groups excluding tert-OH is 1. The summed E-state index contributed by atoms with van der Waals surface area (Å²) in [6, 6.07) is 11.3. The Morgan fingerprint density at radius 3 is 2.03 bits per heavy atom. The average Bonchev–Trinajstić information content (AvgIpc) is 2.73. The molecule has 2 aromatic rings. The second-order valence-electron chi connectivity index (χ2n) is 7.29. The highest BCUT2D eigenvalue weighted by Crippen LogP contribution is 2.12. The zero-order valence-corrected chi connectivity index (χ0v) is 17.1. The van der Waals surface area contributed by atoms with Crippen molar-refractivity contribution in [2.45, 2.75) is 44.0 Å². The molecule has 7 N–H and O–H groups in total. The van der Waals surface area contributed by atoms with Gasteiger partial charge in [-0.2, -0.15) is 0 Å². The molecule has 0 saturated heterocycles. The SMILES string of the molecule is CC(O)C(NC(=O)C(N)Cc1ccccc1)C(=O)NC(Cc1ccc(O)cc1)C(=O)O.